The number of ether oxygens (including phenoxy) is 1. The van der Waals surface area contributed by atoms with Gasteiger partial charge in [0.1, 0.15) is 11.5 Å². The summed E-state index contributed by atoms with van der Waals surface area (Å²) >= 11 is 0. The van der Waals surface area contributed by atoms with Crippen LogP contribution < -0.4 is 4.74 Å². The van der Waals surface area contributed by atoms with Gasteiger partial charge in [-0.15, -0.1) is 0 Å². The molecule has 8 rings (SSSR count). The minimum absolute atomic E-state index is 0.836. The first-order valence-electron chi connectivity index (χ1n) is 13.2. The number of aromatic nitrogens is 1. The molecule has 0 radical (unpaired) electrons. The normalized spacial score (nSPS) is 13.8. The first-order valence-corrected chi connectivity index (χ1v) is 13.2. The zero-order valence-corrected chi connectivity index (χ0v) is 21.2. The van der Waals surface area contributed by atoms with Gasteiger partial charge in [-0.2, -0.15) is 0 Å². The van der Waals surface area contributed by atoms with Crippen LogP contribution >= 0.6 is 0 Å². The zero-order chi connectivity index (χ0) is 25.2. The molecule has 6 aromatic rings. The summed E-state index contributed by atoms with van der Waals surface area (Å²) in [5, 5.41) is 7.17. The Balaban J connectivity index is 1.46. The number of pyridine rings is 1. The molecule has 1 heterocycles. The number of aryl methyl sites for hydroxylation is 1. The van der Waals surface area contributed by atoms with Crippen LogP contribution in [0.3, 0.4) is 0 Å². The molecule has 1 aromatic heterocycles. The lowest BCUT2D eigenvalue weighted by Crippen LogP contribution is -2.04. The Morgan fingerprint density at radius 1 is 0.711 bits per heavy atom. The molecule has 38 heavy (non-hydrogen) atoms. The van der Waals surface area contributed by atoms with E-state index in [-0.39, 0.29) is 0 Å². The molecule has 0 amide bonds. The third kappa shape index (κ3) is 3.10. The van der Waals surface area contributed by atoms with Crippen LogP contribution in [0.5, 0.6) is 11.5 Å². The molecule has 0 saturated heterocycles. The number of allylic oxidation sites excluding steroid dienone is 3. The molecule has 0 fully saturated rings. The van der Waals surface area contributed by atoms with E-state index in [1.807, 2.05) is 24.5 Å². The molecule has 2 nitrogen and oxygen atoms in total. The quantitative estimate of drug-likeness (QED) is 0.232. The fourth-order valence-electron chi connectivity index (χ4n) is 6.35. The van der Waals surface area contributed by atoms with E-state index < -0.39 is 0 Å². The molecule has 180 valence electrons. The Morgan fingerprint density at radius 2 is 1.55 bits per heavy atom. The number of hydrogen-bond acceptors (Lipinski definition) is 2. The molecule has 0 atom stereocenters. The Morgan fingerprint density at radius 3 is 2.45 bits per heavy atom. The van der Waals surface area contributed by atoms with Crippen molar-refractivity contribution in [2.45, 2.75) is 19.8 Å². The molecule has 0 unspecified atom stereocenters. The van der Waals surface area contributed by atoms with Crippen LogP contribution in [0.1, 0.15) is 28.7 Å². The van der Waals surface area contributed by atoms with Gasteiger partial charge in [-0.1, -0.05) is 84.5 Å². The van der Waals surface area contributed by atoms with E-state index in [2.05, 4.69) is 96.9 Å². The van der Waals surface area contributed by atoms with E-state index >= 15 is 0 Å². The lowest BCUT2D eigenvalue weighted by molar-refractivity contribution is 0.493. The van der Waals surface area contributed by atoms with Crippen molar-refractivity contribution < 1.29 is 4.74 Å². The SMILES string of the molecule is Cc1ccc(Oc2c3ccccc3c(-c3ccc4c5c6c(ccc35)C=CCC6=CC4)c3cnccc23)cc1. The average molecular weight is 488 g/mol. The van der Waals surface area contributed by atoms with E-state index in [4.69, 9.17) is 4.74 Å². The van der Waals surface area contributed by atoms with Gasteiger partial charge in [0, 0.05) is 28.6 Å². The third-order valence-corrected chi connectivity index (χ3v) is 8.11. The van der Waals surface area contributed by atoms with Crippen molar-refractivity contribution in [1.29, 1.82) is 0 Å². The monoisotopic (exact) mass is 487 g/mol. The van der Waals surface area contributed by atoms with Crippen LogP contribution in [0.25, 0.3) is 55.1 Å². The van der Waals surface area contributed by atoms with Crippen LogP contribution in [0.4, 0.5) is 0 Å². The molecule has 5 aromatic carbocycles. The minimum atomic E-state index is 0.836. The van der Waals surface area contributed by atoms with Gasteiger partial charge in [-0.05, 0) is 87.5 Å². The van der Waals surface area contributed by atoms with Gasteiger partial charge in [0.05, 0.1) is 0 Å². The lowest BCUT2D eigenvalue weighted by atomic mass is 9.79. The summed E-state index contributed by atoms with van der Waals surface area (Å²) in [5.41, 5.74) is 9.28. The lowest BCUT2D eigenvalue weighted by Gasteiger charge is -2.25. The minimum Gasteiger partial charge on any atom is -0.456 e. The van der Waals surface area contributed by atoms with E-state index in [1.165, 1.54) is 55.1 Å². The first kappa shape index (κ1) is 21.4. The molecule has 2 heteroatoms. The highest BCUT2D eigenvalue weighted by Gasteiger charge is 2.23. The highest BCUT2D eigenvalue weighted by Crippen LogP contribution is 2.48. The zero-order valence-electron chi connectivity index (χ0n) is 21.2. The van der Waals surface area contributed by atoms with Gasteiger partial charge in [0.15, 0.2) is 0 Å². The van der Waals surface area contributed by atoms with Crippen molar-refractivity contribution in [3.05, 3.63) is 126 Å². The standard InChI is InChI=1S/C36H25NO/c1-22-9-15-26(16-10-22)38-36-30-8-3-2-7-27(30)35(32-21-37-20-19-31(32)36)29-18-14-25-12-11-23-5-4-6-24-13-17-28(29)34(25)33(23)24/h2-4,6-11,13-21H,5,12H2,1H3. The van der Waals surface area contributed by atoms with Gasteiger partial charge in [0.2, 0.25) is 0 Å². The molecule has 2 aliphatic rings. The topological polar surface area (TPSA) is 22.1 Å². The summed E-state index contributed by atoms with van der Waals surface area (Å²) in [5.74, 6) is 1.71. The molecule has 0 bridgehead atoms. The van der Waals surface area contributed by atoms with Crippen molar-refractivity contribution in [3.63, 3.8) is 0 Å². The molecule has 0 N–H and O–H groups in total. The predicted molar refractivity (Wildman–Crippen MR) is 159 cm³/mol. The molecule has 0 aliphatic heterocycles. The average Bonchev–Trinajstić information content (AvgIpc) is 2.97. The number of fused-ring (bicyclic) bond motifs is 2. The predicted octanol–water partition coefficient (Wildman–Crippen LogP) is 9.67. The Labute approximate surface area is 221 Å². The van der Waals surface area contributed by atoms with Crippen molar-refractivity contribution in [1.82, 2.24) is 4.98 Å². The maximum Gasteiger partial charge on any atom is 0.143 e. The van der Waals surface area contributed by atoms with E-state index in [0.717, 1.165) is 40.5 Å². The van der Waals surface area contributed by atoms with Gasteiger partial charge < -0.3 is 4.74 Å². The summed E-state index contributed by atoms with van der Waals surface area (Å²) < 4.78 is 6.61. The molecular weight excluding hydrogens is 462 g/mol. The van der Waals surface area contributed by atoms with Crippen molar-refractivity contribution >= 4 is 44.0 Å². The van der Waals surface area contributed by atoms with E-state index in [9.17, 15) is 0 Å². The number of nitrogens with zero attached hydrogens (tertiary/aromatic N) is 1. The van der Waals surface area contributed by atoms with Gasteiger partial charge in [-0.3, -0.25) is 4.98 Å². The highest BCUT2D eigenvalue weighted by molar-refractivity contribution is 6.21. The molecular formula is C36H25NO. The second kappa shape index (κ2) is 8.16. The van der Waals surface area contributed by atoms with Crippen molar-refractivity contribution in [3.8, 4) is 22.6 Å². The molecule has 0 spiro atoms. The maximum absolute atomic E-state index is 6.61. The Hall–Kier alpha value is -4.69. The first-order chi connectivity index (χ1) is 18.8. The third-order valence-electron chi connectivity index (χ3n) is 8.11. The van der Waals surface area contributed by atoms with E-state index in [0.29, 0.717) is 0 Å². The Kier molecular flexibility index (Phi) is 4.59. The fraction of sp³-hybridized carbons (Fsp3) is 0.0833. The maximum atomic E-state index is 6.61. The summed E-state index contributed by atoms with van der Waals surface area (Å²) in [6, 6.07) is 28.2. The number of benzene rings is 5. The summed E-state index contributed by atoms with van der Waals surface area (Å²) in [7, 11) is 0. The van der Waals surface area contributed by atoms with Crippen LogP contribution in [0.15, 0.2) is 103 Å². The molecule has 0 saturated carbocycles. The second-order valence-electron chi connectivity index (χ2n) is 10.4. The number of hydrogen-bond donors (Lipinski definition) is 0. The second-order valence-corrected chi connectivity index (χ2v) is 10.4. The highest BCUT2D eigenvalue weighted by atomic mass is 16.5. The van der Waals surface area contributed by atoms with Crippen LogP contribution in [0, 0.1) is 6.92 Å². The smallest absolute Gasteiger partial charge is 0.143 e. The van der Waals surface area contributed by atoms with Crippen molar-refractivity contribution in [2.75, 3.05) is 0 Å². The van der Waals surface area contributed by atoms with Gasteiger partial charge in [0.25, 0.3) is 0 Å². The van der Waals surface area contributed by atoms with Gasteiger partial charge >= 0.3 is 0 Å². The largest absolute Gasteiger partial charge is 0.456 e. The van der Waals surface area contributed by atoms with Crippen LogP contribution in [-0.2, 0) is 6.42 Å². The molecule has 2 aliphatic carbocycles. The van der Waals surface area contributed by atoms with Crippen LogP contribution in [-0.4, -0.2) is 4.98 Å². The Bertz CT molecular complexity index is 1940. The summed E-state index contributed by atoms with van der Waals surface area (Å²) in [6.07, 6.45) is 12.8. The van der Waals surface area contributed by atoms with Gasteiger partial charge in [-0.25, -0.2) is 0 Å². The van der Waals surface area contributed by atoms with E-state index in [1.54, 1.807) is 0 Å². The number of rotatable bonds is 3. The summed E-state index contributed by atoms with van der Waals surface area (Å²) in [4.78, 5) is 4.58. The summed E-state index contributed by atoms with van der Waals surface area (Å²) in [6.45, 7) is 2.09. The van der Waals surface area contributed by atoms with Crippen molar-refractivity contribution in [2.24, 2.45) is 0 Å². The fourth-order valence-corrected chi connectivity index (χ4v) is 6.35. The van der Waals surface area contributed by atoms with Crippen LogP contribution in [0.2, 0.25) is 0 Å².